The summed E-state index contributed by atoms with van der Waals surface area (Å²) in [6, 6.07) is 3.71. The third kappa shape index (κ3) is 2.97. The van der Waals surface area contributed by atoms with E-state index in [0.29, 0.717) is 12.8 Å². The molecule has 20 heavy (non-hydrogen) atoms. The molecule has 0 saturated heterocycles. The van der Waals surface area contributed by atoms with Gasteiger partial charge < -0.3 is 5.32 Å². The van der Waals surface area contributed by atoms with E-state index < -0.39 is 18.1 Å². The summed E-state index contributed by atoms with van der Waals surface area (Å²) in [6.45, 7) is 4.14. The van der Waals surface area contributed by atoms with Crippen molar-refractivity contribution < 1.29 is 18.0 Å². The van der Waals surface area contributed by atoms with E-state index in [2.05, 4.69) is 31.3 Å². The van der Waals surface area contributed by atoms with E-state index >= 15 is 0 Å². The van der Waals surface area contributed by atoms with Crippen LogP contribution >= 0.6 is 0 Å². The van der Waals surface area contributed by atoms with E-state index in [9.17, 15) is 18.0 Å². The fraction of sp³-hybridized carbons (Fsp3) is 0.533. The number of hydrogen-bond donors (Lipinski definition) is 1. The molecule has 2 rings (SSSR count). The molecule has 110 valence electrons. The van der Waals surface area contributed by atoms with Gasteiger partial charge in [0, 0.05) is 6.04 Å². The number of halogens is 3. The van der Waals surface area contributed by atoms with Gasteiger partial charge in [-0.1, -0.05) is 26.0 Å². The van der Waals surface area contributed by atoms with Gasteiger partial charge in [-0.15, -0.1) is 0 Å². The molecule has 0 saturated carbocycles. The topological polar surface area (TPSA) is 29.1 Å². The van der Waals surface area contributed by atoms with Crippen LogP contribution in [0.5, 0.6) is 0 Å². The lowest BCUT2D eigenvalue weighted by Gasteiger charge is -2.13. The number of fused-ring (bicyclic) bond motifs is 1. The maximum absolute atomic E-state index is 12.3. The molecule has 0 heterocycles. The normalized spacial score (nSPS) is 15.2. The number of alkyl halides is 3. The first-order chi connectivity index (χ1) is 9.35. The first-order valence-electron chi connectivity index (χ1n) is 6.86. The molecule has 0 spiro atoms. The van der Waals surface area contributed by atoms with Gasteiger partial charge in [0.15, 0.2) is 0 Å². The zero-order chi connectivity index (χ0) is 14.9. The van der Waals surface area contributed by atoms with Crippen molar-refractivity contribution in [1.29, 1.82) is 0 Å². The Balaban J connectivity index is 2.13. The Morgan fingerprint density at radius 1 is 1.15 bits per heavy atom. The molecule has 1 N–H and O–H groups in total. The smallest absolute Gasteiger partial charge is 0.345 e. The van der Waals surface area contributed by atoms with Gasteiger partial charge in [0.05, 0.1) is 0 Å². The van der Waals surface area contributed by atoms with Crippen molar-refractivity contribution in [3.05, 3.63) is 34.4 Å². The Kier molecular flexibility index (Phi) is 4.06. The summed E-state index contributed by atoms with van der Waals surface area (Å²) in [5.41, 5.74) is 4.61. The number of aryl methyl sites for hydroxylation is 2. The van der Waals surface area contributed by atoms with Crippen molar-refractivity contribution in [3.63, 3.8) is 0 Å². The Morgan fingerprint density at radius 2 is 1.60 bits per heavy atom. The Hall–Kier alpha value is -1.52. The van der Waals surface area contributed by atoms with Crippen LogP contribution in [0.15, 0.2) is 12.1 Å². The highest BCUT2D eigenvalue weighted by atomic mass is 19.4. The Morgan fingerprint density at radius 3 is 1.95 bits per heavy atom. The maximum atomic E-state index is 12.3. The van der Waals surface area contributed by atoms with Crippen LogP contribution in [0.3, 0.4) is 0 Å². The molecule has 0 unspecified atom stereocenters. The van der Waals surface area contributed by atoms with Crippen LogP contribution in [0.25, 0.3) is 0 Å². The molecular weight excluding hydrogens is 267 g/mol. The van der Waals surface area contributed by atoms with Crippen LogP contribution in [-0.4, -0.2) is 18.1 Å². The third-order valence-corrected chi connectivity index (χ3v) is 3.81. The standard InChI is InChI=1S/C15H18F3NO/c1-3-9-5-11-7-13(19-14(20)15(16,17)18)8-12(11)6-10(9)4-2/h5-6,13H,3-4,7-8H2,1-2H3,(H,19,20). The average Bonchev–Trinajstić information content (AvgIpc) is 2.76. The lowest BCUT2D eigenvalue weighted by molar-refractivity contribution is -0.174. The number of nitrogens with one attached hydrogen (secondary N) is 1. The number of benzene rings is 1. The molecular formula is C15H18F3NO. The van der Waals surface area contributed by atoms with Crippen LogP contribution in [0.4, 0.5) is 13.2 Å². The summed E-state index contributed by atoms with van der Waals surface area (Å²) in [5, 5.41) is 2.08. The highest BCUT2D eigenvalue weighted by Gasteiger charge is 2.40. The van der Waals surface area contributed by atoms with Gasteiger partial charge in [-0.25, -0.2) is 0 Å². The zero-order valence-corrected chi connectivity index (χ0v) is 11.6. The van der Waals surface area contributed by atoms with Crippen molar-refractivity contribution in [2.24, 2.45) is 0 Å². The number of amides is 1. The molecule has 1 aromatic rings. The fourth-order valence-corrected chi connectivity index (χ4v) is 2.80. The second-order valence-electron chi connectivity index (χ2n) is 5.17. The van der Waals surface area contributed by atoms with Gasteiger partial charge in [-0.3, -0.25) is 4.79 Å². The summed E-state index contributed by atoms with van der Waals surface area (Å²) >= 11 is 0. The van der Waals surface area contributed by atoms with Gasteiger partial charge >= 0.3 is 12.1 Å². The van der Waals surface area contributed by atoms with Crippen molar-refractivity contribution in [3.8, 4) is 0 Å². The van der Waals surface area contributed by atoms with E-state index in [1.165, 1.54) is 11.1 Å². The molecule has 2 nitrogen and oxygen atoms in total. The molecule has 1 amide bonds. The Bertz CT molecular complexity index is 490. The molecule has 1 aliphatic carbocycles. The summed E-state index contributed by atoms with van der Waals surface area (Å²) in [4.78, 5) is 11.0. The lowest BCUT2D eigenvalue weighted by atomic mass is 9.97. The number of hydrogen-bond acceptors (Lipinski definition) is 1. The second kappa shape index (κ2) is 5.46. The largest absolute Gasteiger partial charge is 0.471 e. The average molecular weight is 285 g/mol. The quantitative estimate of drug-likeness (QED) is 0.909. The maximum Gasteiger partial charge on any atom is 0.471 e. The van der Waals surface area contributed by atoms with Crippen molar-refractivity contribution in [2.75, 3.05) is 0 Å². The number of carbonyl (C=O) groups excluding carboxylic acids is 1. The van der Waals surface area contributed by atoms with E-state index in [0.717, 1.165) is 24.0 Å². The zero-order valence-electron chi connectivity index (χ0n) is 11.6. The van der Waals surface area contributed by atoms with Crippen LogP contribution < -0.4 is 5.32 Å². The summed E-state index contributed by atoms with van der Waals surface area (Å²) in [6.07, 6.45) is -2.02. The number of rotatable bonds is 3. The first-order valence-corrected chi connectivity index (χ1v) is 6.86. The molecule has 5 heteroatoms. The van der Waals surface area contributed by atoms with E-state index in [4.69, 9.17) is 0 Å². The highest BCUT2D eigenvalue weighted by Crippen LogP contribution is 2.27. The minimum atomic E-state index is -4.81. The fourth-order valence-electron chi connectivity index (χ4n) is 2.80. The Labute approximate surface area is 116 Å². The van der Waals surface area contributed by atoms with Gasteiger partial charge in [0.1, 0.15) is 0 Å². The molecule has 1 aliphatic rings. The van der Waals surface area contributed by atoms with E-state index in [1.54, 1.807) is 0 Å². The van der Waals surface area contributed by atoms with Crippen LogP contribution in [0.1, 0.15) is 36.1 Å². The third-order valence-electron chi connectivity index (χ3n) is 3.81. The van der Waals surface area contributed by atoms with Gasteiger partial charge in [0.2, 0.25) is 0 Å². The predicted molar refractivity (Wildman–Crippen MR) is 70.6 cm³/mol. The molecule has 0 aliphatic heterocycles. The summed E-state index contributed by atoms with van der Waals surface area (Å²) < 4.78 is 36.8. The van der Waals surface area contributed by atoms with Gasteiger partial charge in [-0.2, -0.15) is 13.2 Å². The molecule has 0 bridgehead atoms. The van der Waals surface area contributed by atoms with Crippen molar-refractivity contribution in [1.82, 2.24) is 5.32 Å². The van der Waals surface area contributed by atoms with Crippen LogP contribution in [-0.2, 0) is 30.5 Å². The van der Waals surface area contributed by atoms with Gasteiger partial charge in [-0.05, 0) is 47.9 Å². The minimum absolute atomic E-state index is 0.448. The van der Waals surface area contributed by atoms with E-state index in [1.807, 2.05) is 0 Å². The van der Waals surface area contributed by atoms with Gasteiger partial charge in [0.25, 0.3) is 0 Å². The molecule has 1 aromatic carbocycles. The highest BCUT2D eigenvalue weighted by molar-refractivity contribution is 5.82. The van der Waals surface area contributed by atoms with Crippen molar-refractivity contribution >= 4 is 5.91 Å². The monoisotopic (exact) mass is 285 g/mol. The van der Waals surface area contributed by atoms with Crippen LogP contribution in [0.2, 0.25) is 0 Å². The van der Waals surface area contributed by atoms with Crippen molar-refractivity contribution in [2.45, 2.75) is 51.7 Å². The molecule has 0 aromatic heterocycles. The number of carbonyl (C=O) groups is 1. The van der Waals surface area contributed by atoms with Crippen LogP contribution in [0, 0.1) is 0 Å². The predicted octanol–water partition coefficient (Wildman–Crippen LogP) is 2.96. The minimum Gasteiger partial charge on any atom is -0.345 e. The molecule has 0 radical (unpaired) electrons. The summed E-state index contributed by atoms with van der Waals surface area (Å²) in [5.74, 6) is -1.85. The first kappa shape index (κ1) is 14.9. The molecule has 0 fully saturated rings. The summed E-state index contributed by atoms with van der Waals surface area (Å²) in [7, 11) is 0. The lowest BCUT2D eigenvalue weighted by Crippen LogP contribution is -2.43. The second-order valence-corrected chi connectivity index (χ2v) is 5.17. The molecule has 0 atom stereocenters. The van der Waals surface area contributed by atoms with E-state index in [-0.39, 0.29) is 0 Å². The SMILES string of the molecule is CCc1cc2c(cc1CC)CC(NC(=O)C(F)(F)F)C2.